The van der Waals surface area contributed by atoms with E-state index in [2.05, 4.69) is 114 Å². The van der Waals surface area contributed by atoms with Crippen LogP contribution in [0, 0.1) is 0 Å². The Morgan fingerprint density at radius 2 is 0.935 bits per heavy atom. The van der Waals surface area contributed by atoms with Crippen molar-refractivity contribution < 1.29 is 17.1 Å². The van der Waals surface area contributed by atoms with Crippen molar-refractivity contribution in [2.24, 2.45) is 0 Å². The molecule has 241 valence electrons. The van der Waals surface area contributed by atoms with Crippen molar-refractivity contribution in [3.63, 3.8) is 0 Å². The normalized spacial score (nSPS) is 20.7. The first kappa shape index (κ1) is 32.4. The van der Waals surface area contributed by atoms with Crippen LogP contribution in [0.1, 0.15) is 122 Å². The van der Waals surface area contributed by atoms with E-state index in [1.54, 1.807) is 33.0 Å². The van der Waals surface area contributed by atoms with E-state index < -0.39 is 25.2 Å². The Bertz CT molecular complexity index is 1700. The number of allylic oxidation sites excluding steroid dienone is 2. The van der Waals surface area contributed by atoms with Gasteiger partial charge in [0.25, 0.3) is 0 Å². The second kappa shape index (κ2) is 13.0. The zero-order chi connectivity index (χ0) is 32.1. The van der Waals surface area contributed by atoms with Crippen molar-refractivity contribution in [2.75, 3.05) is 0 Å². The molecular weight excluding hydrogens is 649 g/mol. The van der Waals surface area contributed by atoms with Crippen LogP contribution < -0.4 is 0 Å². The van der Waals surface area contributed by atoms with Gasteiger partial charge in [0, 0.05) is 0 Å². The molecule has 0 spiro atoms. The molecule has 0 aromatic heterocycles. The van der Waals surface area contributed by atoms with Crippen LogP contribution in [0.15, 0.2) is 83.9 Å². The van der Waals surface area contributed by atoms with Crippen LogP contribution in [0.2, 0.25) is 22.4 Å². The molecule has 0 nitrogen and oxygen atoms in total. The van der Waals surface area contributed by atoms with Crippen LogP contribution >= 0.6 is 0 Å². The van der Waals surface area contributed by atoms with Crippen molar-refractivity contribution in [1.29, 1.82) is 0 Å². The fourth-order valence-electron chi connectivity index (χ4n) is 10.2. The molecule has 0 fully saturated rings. The third-order valence-corrected chi connectivity index (χ3v) is 29.3. The minimum absolute atomic E-state index is 0.713. The van der Waals surface area contributed by atoms with Crippen molar-refractivity contribution in [3.8, 4) is 0 Å². The first-order valence-electron chi connectivity index (χ1n) is 18.8. The molecule has 4 aromatic rings. The molecular formula is C44H56NbSi. The van der Waals surface area contributed by atoms with E-state index in [0.717, 1.165) is 0 Å². The fraction of sp³-hybridized carbons (Fsp3) is 0.455. The molecule has 3 aliphatic rings. The van der Waals surface area contributed by atoms with Crippen molar-refractivity contribution in [3.05, 3.63) is 106 Å². The topological polar surface area (TPSA) is 0 Å². The zero-order valence-corrected chi connectivity index (χ0v) is 32.7. The number of rotatable bonds is 12. The predicted molar refractivity (Wildman–Crippen MR) is 203 cm³/mol. The summed E-state index contributed by atoms with van der Waals surface area (Å²) in [5.74, 6) is 0. The summed E-state index contributed by atoms with van der Waals surface area (Å²) in [4.78, 5) is 0. The van der Waals surface area contributed by atoms with E-state index in [9.17, 15) is 0 Å². The molecule has 1 aliphatic heterocycles. The van der Waals surface area contributed by atoms with E-state index in [4.69, 9.17) is 0 Å². The molecule has 0 N–H and O–H groups in total. The van der Waals surface area contributed by atoms with Gasteiger partial charge >= 0.3 is 286 Å². The first-order valence-corrected chi connectivity index (χ1v) is 27.5. The van der Waals surface area contributed by atoms with E-state index in [1.807, 2.05) is 21.5 Å². The molecule has 1 heterocycles. The van der Waals surface area contributed by atoms with Gasteiger partial charge in [-0.05, 0) is 0 Å². The van der Waals surface area contributed by atoms with Gasteiger partial charge in [-0.1, -0.05) is 0 Å². The molecule has 2 heteroatoms. The van der Waals surface area contributed by atoms with Gasteiger partial charge < -0.3 is 0 Å². The first-order chi connectivity index (χ1) is 22.4. The van der Waals surface area contributed by atoms with E-state index in [1.165, 1.54) is 84.3 Å². The van der Waals surface area contributed by atoms with Crippen LogP contribution in [0.25, 0.3) is 31.9 Å². The molecule has 4 bridgehead atoms. The summed E-state index contributed by atoms with van der Waals surface area (Å²) < 4.78 is 4.48. The molecule has 0 radical (unpaired) electrons. The maximum absolute atomic E-state index is 3.03. The zero-order valence-electron chi connectivity index (χ0n) is 29.5. The van der Waals surface area contributed by atoms with Gasteiger partial charge in [0.1, 0.15) is 0 Å². The number of benzene rings is 4. The van der Waals surface area contributed by atoms with E-state index >= 15 is 0 Å². The second-order valence-electron chi connectivity index (χ2n) is 15.2. The van der Waals surface area contributed by atoms with Crippen LogP contribution in [-0.2, 0) is 17.1 Å². The third-order valence-electron chi connectivity index (χ3n) is 12.0. The Kier molecular flexibility index (Phi) is 9.18. The molecule has 2 unspecified atom stereocenters. The molecule has 46 heavy (non-hydrogen) atoms. The molecule has 0 saturated carbocycles. The summed E-state index contributed by atoms with van der Waals surface area (Å²) in [6.45, 7) is 15.3. The van der Waals surface area contributed by atoms with Gasteiger partial charge in [0.2, 0.25) is 0 Å². The number of unbranched alkanes of at least 4 members (excludes halogenated alkanes) is 4. The SMILES string of the molecule is CCCCC1=C2c3c(ccc4ccccc34)[CH]1[Nb]([CH2]CCC)([CH2]CCC)[CH]1C(CCCC)=C(c3c1ccc1ccccc31)[Si]2(C)C. The van der Waals surface area contributed by atoms with Gasteiger partial charge in [-0.25, -0.2) is 0 Å². The van der Waals surface area contributed by atoms with E-state index in [0.29, 0.717) is 8.27 Å². The van der Waals surface area contributed by atoms with E-state index in [-0.39, 0.29) is 0 Å². The summed E-state index contributed by atoms with van der Waals surface area (Å²) in [6, 6.07) is 29.2. The second-order valence-corrected chi connectivity index (χ2v) is 29.6. The van der Waals surface area contributed by atoms with Crippen LogP contribution in [0.4, 0.5) is 0 Å². The van der Waals surface area contributed by atoms with Crippen molar-refractivity contribution in [1.82, 2.24) is 0 Å². The summed E-state index contributed by atoms with van der Waals surface area (Å²) >= 11 is -3.03. The molecule has 0 saturated heterocycles. The van der Waals surface area contributed by atoms with Crippen molar-refractivity contribution in [2.45, 2.75) is 123 Å². The Hall–Kier alpha value is -2.16. The Morgan fingerprint density at radius 1 is 0.522 bits per heavy atom. The van der Waals surface area contributed by atoms with Crippen LogP contribution in [0.5, 0.6) is 0 Å². The molecule has 2 atom stereocenters. The predicted octanol–water partition coefficient (Wildman–Crippen LogP) is 14.1. The number of hydrogen-bond donors (Lipinski definition) is 0. The number of hydrogen-bond acceptors (Lipinski definition) is 0. The van der Waals surface area contributed by atoms with Gasteiger partial charge in [-0.15, -0.1) is 0 Å². The van der Waals surface area contributed by atoms with Gasteiger partial charge in [0.15, 0.2) is 0 Å². The molecule has 2 aliphatic carbocycles. The third kappa shape index (κ3) is 4.86. The van der Waals surface area contributed by atoms with Crippen LogP contribution in [0.3, 0.4) is 0 Å². The van der Waals surface area contributed by atoms with Gasteiger partial charge in [-0.2, -0.15) is 0 Å². The number of fused-ring (bicyclic) bond motifs is 12. The molecule has 0 amide bonds. The maximum atomic E-state index is 2.79. The van der Waals surface area contributed by atoms with Gasteiger partial charge in [-0.3, -0.25) is 0 Å². The standard InChI is InChI=1S/C36H38Si.2C4H9.Nb/c1-5-7-13-29-23-27-21-19-25-15-9-11-17-31(25)33(27)35(29)37(3,4)36-30(14-8-6-2)24-28-22-20-26-16-10-12-18-32(26)34(28)36;2*1-3-4-2;/h9-12,15-24H,5-8,13-14H2,1-4H3;2*1,3-4H2,2H3;. The Balaban J connectivity index is 1.68. The molecule has 7 rings (SSSR count). The summed E-state index contributed by atoms with van der Waals surface area (Å²) in [5.41, 5.74) is 10.9. The quantitative estimate of drug-likeness (QED) is 0.129. The fourth-order valence-corrected chi connectivity index (χ4v) is 31.4. The van der Waals surface area contributed by atoms with Crippen LogP contribution in [-0.4, -0.2) is 8.07 Å². The average Bonchev–Trinajstić information content (AvgIpc) is 3.62. The Morgan fingerprint density at radius 3 is 1.35 bits per heavy atom. The van der Waals surface area contributed by atoms with Crippen molar-refractivity contribution >= 4 is 40.0 Å². The molecule has 4 aromatic carbocycles. The summed E-state index contributed by atoms with van der Waals surface area (Å²) in [5, 5.41) is 9.73. The average molecular weight is 706 g/mol. The minimum atomic E-state index is -3.03. The Labute approximate surface area is 284 Å². The monoisotopic (exact) mass is 705 g/mol. The summed E-state index contributed by atoms with van der Waals surface area (Å²) in [7, 11) is -2.15. The van der Waals surface area contributed by atoms with Gasteiger partial charge in [0.05, 0.1) is 0 Å². The summed E-state index contributed by atoms with van der Waals surface area (Å²) in [6.07, 6.45) is 13.3.